The Kier molecular flexibility index (Phi) is 6.63. The number of benzene rings is 1. The molecule has 0 radical (unpaired) electrons. The van der Waals surface area contributed by atoms with Crippen LogP contribution >= 0.6 is 12.2 Å². The van der Waals surface area contributed by atoms with E-state index in [1.165, 1.54) is 31.4 Å². The molecule has 176 valence electrons. The summed E-state index contributed by atoms with van der Waals surface area (Å²) in [6.07, 6.45) is 9.34. The number of anilines is 1. The largest absolute Gasteiger partial charge is 0.352 e. The van der Waals surface area contributed by atoms with Crippen LogP contribution in [0.25, 0.3) is 0 Å². The van der Waals surface area contributed by atoms with Crippen LogP contribution in [0.1, 0.15) is 67.2 Å². The van der Waals surface area contributed by atoms with Crippen LogP contribution < -0.4 is 10.6 Å². The van der Waals surface area contributed by atoms with Gasteiger partial charge in [-0.3, -0.25) is 9.78 Å². The Bertz CT molecular complexity index is 1150. The van der Waals surface area contributed by atoms with Crippen LogP contribution in [0.3, 0.4) is 0 Å². The van der Waals surface area contributed by atoms with E-state index in [4.69, 9.17) is 12.2 Å². The summed E-state index contributed by atoms with van der Waals surface area (Å²) < 4.78 is 2.43. The third-order valence-electron chi connectivity index (χ3n) is 6.91. The van der Waals surface area contributed by atoms with Crippen molar-refractivity contribution in [3.63, 3.8) is 0 Å². The second-order valence-electron chi connectivity index (χ2n) is 9.27. The first kappa shape index (κ1) is 22.6. The highest BCUT2D eigenvalue weighted by molar-refractivity contribution is 7.80. The zero-order valence-electron chi connectivity index (χ0n) is 19.5. The zero-order valence-corrected chi connectivity index (χ0v) is 20.3. The number of rotatable bonds is 7. The highest BCUT2D eigenvalue weighted by atomic mass is 32.1. The van der Waals surface area contributed by atoms with Gasteiger partial charge in [-0.1, -0.05) is 31.0 Å². The van der Waals surface area contributed by atoms with Gasteiger partial charge in [0.1, 0.15) is 0 Å². The van der Waals surface area contributed by atoms with E-state index < -0.39 is 0 Å². The molecular formula is C27H31N5OS. The van der Waals surface area contributed by atoms with E-state index >= 15 is 0 Å². The number of nitrogens with zero attached hydrogens (tertiary/aromatic N) is 3. The molecule has 2 N–H and O–H groups in total. The summed E-state index contributed by atoms with van der Waals surface area (Å²) in [6.45, 7) is 2.55. The third kappa shape index (κ3) is 4.71. The molecule has 0 unspecified atom stereocenters. The molecule has 3 heterocycles. The van der Waals surface area contributed by atoms with Gasteiger partial charge in [-0.2, -0.15) is 0 Å². The molecule has 1 aliphatic heterocycles. The first-order chi connectivity index (χ1) is 16.6. The maximum Gasteiger partial charge on any atom is 0.226 e. The molecule has 1 aliphatic carbocycles. The van der Waals surface area contributed by atoms with Gasteiger partial charge in [0, 0.05) is 42.8 Å². The normalized spacial score (nSPS) is 20.5. The van der Waals surface area contributed by atoms with Crippen LogP contribution in [0, 0.1) is 6.92 Å². The standard InChI is InChI=1S/C27H31N5OS/c1-19-8-6-9-20(18-19)29-24(33)14-17-32-26(23-13-7-16-31(23)21-10-2-3-11-21)25(30-27(32)34)22-12-4-5-15-28-22/h4-9,12-13,15-16,18,21,25-26H,2-3,10-11,14,17H2,1H3,(H,29,33)(H,30,34)/t25-,26-/m1/s1. The number of hydrogen-bond donors (Lipinski definition) is 2. The Balaban J connectivity index is 1.39. The Morgan fingerprint density at radius 3 is 2.76 bits per heavy atom. The molecule has 2 fully saturated rings. The summed E-state index contributed by atoms with van der Waals surface area (Å²) in [5.74, 6) is -0.0142. The van der Waals surface area contributed by atoms with Crippen LogP contribution in [-0.4, -0.2) is 32.0 Å². The fraction of sp³-hybridized carbons (Fsp3) is 0.370. The molecule has 7 heteroatoms. The molecule has 1 aromatic carbocycles. The summed E-state index contributed by atoms with van der Waals surface area (Å²) >= 11 is 5.79. The van der Waals surface area contributed by atoms with Gasteiger partial charge >= 0.3 is 0 Å². The van der Waals surface area contributed by atoms with Gasteiger partial charge in [-0.05, 0) is 73.9 Å². The minimum absolute atomic E-state index is 0.0142. The summed E-state index contributed by atoms with van der Waals surface area (Å²) in [5, 5.41) is 7.20. The Morgan fingerprint density at radius 1 is 1.15 bits per heavy atom. The maximum atomic E-state index is 12.8. The molecule has 6 nitrogen and oxygen atoms in total. The zero-order chi connectivity index (χ0) is 23.5. The van der Waals surface area contributed by atoms with Crippen molar-refractivity contribution in [2.24, 2.45) is 0 Å². The third-order valence-corrected chi connectivity index (χ3v) is 7.26. The van der Waals surface area contributed by atoms with Crippen molar-refractivity contribution in [2.45, 2.75) is 57.2 Å². The first-order valence-electron chi connectivity index (χ1n) is 12.1. The summed E-state index contributed by atoms with van der Waals surface area (Å²) in [6, 6.07) is 18.6. The molecule has 1 saturated carbocycles. The fourth-order valence-corrected chi connectivity index (χ4v) is 5.64. The van der Waals surface area contributed by atoms with E-state index in [-0.39, 0.29) is 18.0 Å². The van der Waals surface area contributed by atoms with Crippen LogP contribution in [0.4, 0.5) is 5.69 Å². The molecule has 0 spiro atoms. The molecule has 0 bridgehead atoms. The molecular weight excluding hydrogens is 442 g/mol. The summed E-state index contributed by atoms with van der Waals surface area (Å²) in [7, 11) is 0. The van der Waals surface area contributed by atoms with E-state index in [1.807, 2.05) is 55.6 Å². The lowest BCUT2D eigenvalue weighted by Crippen LogP contribution is -2.33. The topological polar surface area (TPSA) is 62.2 Å². The van der Waals surface area contributed by atoms with Crippen LogP contribution in [0.5, 0.6) is 0 Å². The highest BCUT2D eigenvalue weighted by Gasteiger charge is 2.41. The van der Waals surface area contributed by atoms with Gasteiger partial charge in [0.05, 0.1) is 17.8 Å². The lowest BCUT2D eigenvalue weighted by molar-refractivity contribution is -0.116. The number of carbonyl (C=O) groups is 1. The van der Waals surface area contributed by atoms with E-state index in [2.05, 4.69) is 43.4 Å². The summed E-state index contributed by atoms with van der Waals surface area (Å²) in [4.78, 5) is 19.6. The predicted octanol–water partition coefficient (Wildman–Crippen LogP) is 5.31. The molecule has 5 rings (SSSR count). The Hall–Kier alpha value is -3.19. The fourth-order valence-electron chi connectivity index (χ4n) is 5.31. The molecule has 2 aromatic heterocycles. The molecule has 34 heavy (non-hydrogen) atoms. The Labute approximate surface area is 206 Å². The van der Waals surface area contributed by atoms with Gasteiger partial charge in [0.25, 0.3) is 0 Å². The van der Waals surface area contributed by atoms with Gasteiger partial charge in [0.2, 0.25) is 5.91 Å². The predicted molar refractivity (Wildman–Crippen MR) is 139 cm³/mol. The van der Waals surface area contributed by atoms with Crippen molar-refractivity contribution in [1.29, 1.82) is 0 Å². The number of aryl methyl sites for hydroxylation is 1. The minimum atomic E-state index is -0.0661. The number of amides is 1. The van der Waals surface area contributed by atoms with Crippen LogP contribution in [0.15, 0.2) is 67.0 Å². The van der Waals surface area contributed by atoms with E-state index in [9.17, 15) is 4.79 Å². The number of hydrogen-bond acceptors (Lipinski definition) is 3. The lowest BCUT2D eigenvalue weighted by Gasteiger charge is -2.30. The average molecular weight is 474 g/mol. The van der Waals surface area contributed by atoms with Gasteiger partial charge in [-0.25, -0.2) is 0 Å². The SMILES string of the molecule is Cc1cccc(NC(=O)CCN2C(=S)N[C@H](c3ccccn3)[C@H]2c2cccn2C2CCCC2)c1. The van der Waals surface area contributed by atoms with Crippen molar-refractivity contribution in [3.05, 3.63) is 83.9 Å². The van der Waals surface area contributed by atoms with Crippen LogP contribution in [0.2, 0.25) is 0 Å². The number of pyridine rings is 1. The Morgan fingerprint density at radius 2 is 2.00 bits per heavy atom. The molecule has 1 saturated heterocycles. The monoisotopic (exact) mass is 473 g/mol. The van der Waals surface area contributed by atoms with Gasteiger partial charge < -0.3 is 20.1 Å². The maximum absolute atomic E-state index is 12.8. The smallest absolute Gasteiger partial charge is 0.226 e. The minimum Gasteiger partial charge on any atom is -0.352 e. The van der Waals surface area contributed by atoms with E-state index in [0.717, 1.165) is 16.9 Å². The van der Waals surface area contributed by atoms with Crippen molar-refractivity contribution < 1.29 is 4.79 Å². The summed E-state index contributed by atoms with van der Waals surface area (Å²) in [5.41, 5.74) is 4.13. The van der Waals surface area contributed by atoms with Crippen molar-refractivity contribution in [1.82, 2.24) is 19.8 Å². The van der Waals surface area contributed by atoms with Crippen molar-refractivity contribution in [3.8, 4) is 0 Å². The lowest BCUT2D eigenvalue weighted by atomic mass is 10.0. The number of aromatic nitrogens is 2. The number of thiocarbonyl (C=S) groups is 1. The van der Waals surface area contributed by atoms with Gasteiger partial charge in [0.15, 0.2) is 5.11 Å². The second-order valence-corrected chi connectivity index (χ2v) is 9.65. The first-order valence-corrected chi connectivity index (χ1v) is 12.5. The van der Waals surface area contributed by atoms with E-state index in [0.29, 0.717) is 24.1 Å². The quantitative estimate of drug-likeness (QED) is 0.456. The molecule has 2 atom stereocenters. The molecule has 3 aromatic rings. The number of carbonyl (C=O) groups excluding carboxylic acids is 1. The van der Waals surface area contributed by atoms with Crippen LogP contribution in [-0.2, 0) is 4.79 Å². The molecule has 1 amide bonds. The van der Waals surface area contributed by atoms with Gasteiger partial charge in [-0.15, -0.1) is 0 Å². The highest BCUT2D eigenvalue weighted by Crippen LogP contribution is 2.41. The average Bonchev–Trinajstić information content (AvgIpc) is 3.58. The second kappa shape index (κ2) is 9.97. The van der Waals surface area contributed by atoms with E-state index in [1.54, 1.807) is 0 Å². The number of nitrogens with one attached hydrogen (secondary N) is 2. The molecule has 2 aliphatic rings. The van der Waals surface area contributed by atoms with Crippen molar-refractivity contribution >= 4 is 28.9 Å². The van der Waals surface area contributed by atoms with Crippen molar-refractivity contribution in [2.75, 3.05) is 11.9 Å².